The van der Waals surface area contributed by atoms with Crippen molar-refractivity contribution < 1.29 is 17.9 Å². The number of rotatable bonds is 3. The number of aliphatic hydroxyl groups excluding tert-OH is 1. The molecule has 1 aromatic rings. The average molecular weight is 342 g/mol. The van der Waals surface area contributed by atoms with E-state index in [-0.39, 0.29) is 16.9 Å². The number of piperidine rings is 1. The number of aliphatic hydroxyl groups is 1. The highest BCUT2D eigenvalue weighted by Gasteiger charge is 2.41. The van der Waals surface area contributed by atoms with Crippen LogP contribution in [0.4, 0.5) is 4.39 Å². The summed E-state index contributed by atoms with van der Waals surface area (Å²) >= 11 is 0. The molecule has 2 heterocycles. The Hall–Kier alpha value is -1.05. The first-order valence-electron chi connectivity index (χ1n) is 8.30. The van der Waals surface area contributed by atoms with E-state index in [1.807, 2.05) is 0 Å². The Morgan fingerprint density at radius 2 is 1.87 bits per heavy atom. The molecule has 0 spiro atoms. The summed E-state index contributed by atoms with van der Waals surface area (Å²) in [4.78, 5) is 3.57. The molecular formula is C16H23FN2O3S. The maximum Gasteiger partial charge on any atom is 0.244 e. The van der Waals surface area contributed by atoms with Gasteiger partial charge in [-0.1, -0.05) is 19.3 Å². The lowest BCUT2D eigenvalue weighted by Crippen LogP contribution is -2.51. The fraction of sp³-hybridized carbons (Fsp3) is 0.688. The molecule has 2 fully saturated rings. The molecule has 0 amide bonds. The zero-order valence-corrected chi connectivity index (χ0v) is 13.9. The quantitative estimate of drug-likeness (QED) is 0.915. The minimum absolute atomic E-state index is 0.0275. The third-order valence-electron chi connectivity index (χ3n) is 5.06. The van der Waals surface area contributed by atoms with Gasteiger partial charge in [0.15, 0.2) is 0 Å². The Labute approximate surface area is 136 Å². The third kappa shape index (κ3) is 3.41. The molecule has 5 nitrogen and oxygen atoms in total. The standard InChI is InChI=1S/C16H23FN2O3S/c17-12-9-13(11-18-10-12)23(21,22)19-8-4-3-6-15(19)14-5-1-2-7-16(14)20/h9-11,14-16,20H,1-8H2. The number of halogens is 1. The van der Waals surface area contributed by atoms with Gasteiger partial charge in [-0.2, -0.15) is 4.31 Å². The first-order valence-corrected chi connectivity index (χ1v) is 9.74. The maximum atomic E-state index is 13.4. The summed E-state index contributed by atoms with van der Waals surface area (Å²) < 4.78 is 40.7. The van der Waals surface area contributed by atoms with Crippen molar-refractivity contribution in [2.45, 2.75) is 62.0 Å². The van der Waals surface area contributed by atoms with Crippen LogP contribution in [0.25, 0.3) is 0 Å². The van der Waals surface area contributed by atoms with Gasteiger partial charge in [0, 0.05) is 24.7 Å². The summed E-state index contributed by atoms with van der Waals surface area (Å²) in [6.45, 7) is 0.423. The molecule has 1 aromatic heterocycles. The van der Waals surface area contributed by atoms with Crippen LogP contribution in [-0.2, 0) is 10.0 Å². The number of pyridine rings is 1. The average Bonchev–Trinajstić information content (AvgIpc) is 2.55. The summed E-state index contributed by atoms with van der Waals surface area (Å²) in [7, 11) is -3.79. The van der Waals surface area contributed by atoms with Gasteiger partial charge in [0.25, 0.3) is 0 Å². The summed E-state index contributed by atoms with van der Waals surface area (Å²) in [5, 5.41) is 10.3. The minimum atomic E-state index is -3.79. The van der Waals surface area contributed by atoms with Gasteiger partial charge in [0.1, 0.15) is 10.7 Å². The smallest absolute Gasteiger partial charge is 0.244 e. The van der Waals surface area contributed by atoms with E-state index in [9.17, 15) is 17.9 Å². The van der Waals surface area contributed by atoms with E-state index >= 15 is 0 Å². The molecule has 0 bridgehead atoms. The van der Waals surface area contributed by atoms with Crippen LogP contribution >= 0.6 is 0 Å². The van der Waals surface area contributed by atoms with Crippen LogP contribution in [0, 0.1) is 11.7 Å². The van der Waals surface area contributed by atoms with E-state index in [0.717, 1.165) is 57.2 Å². The normalized spacial score (nSPS) is 30.3. The highest BCUT2D eigenvalue weighted by Crippen LogP contribution is 2.36. The van der Waals surface area contributed by atoms with Crippen molar-refractivity contribution in [2.24, 2.45) is 5.92 Å². The predicted octanol–water partition coefficient (Wildman–Crippen LogP) is 2.32. The lowest BCUT2D eigenvalue weighted by Gasteiger charge is -2.42. The first kappa shape index (κ1) is 16.8. The van der Waals surface area contributed by atoms with E-state index in [1.165, 1.54) is 10.5 Å². The molecule has 3 rings (SSSR count). The zero-order valence-electron chi connectivity index (χ0n) is 13.1. The molecule has 0 aromatic carbocycles. The van der Waals surface area contributed by atoms with Crippen molar-refractivity contribution in [3.63, 3.8) is 0 Å². The molecule has 23 heavy (non-hydrogen) atoms. The van der Waals surface area contributed by atoms with Crippen LogP contribution < -0.4 is 0 Å². The number of nitrogens with zero attached hydrogens (tertiary/aromatic N) is 2. The topological polar surface area (TPSA) is 70.5 Å². The van der Waals surface area contributed by atoms with Crippen LogP contribution in [0.1, 0.15) is 44.9 Å². The number of hydrogen-bond acceptors (Lipinski definition) is 4. The summed E-state index contributed by atoms with van der Waals surface area (Å²) in [5.41, 5.74) is 0. The van der Waals surface area contributed by atoms with Crippen LogP contribution in [0.3, 0.4) is 0 Å². The second kappa shape index (κ2) is 6.83. The molecule has 1 saturated carbocycles. The maximum absolute atomic E-state index is 13.4. The minimum Gasteiger partial charge on any atom is -0.393 e. The molecule has 3 atom stereocenters. The van der Waals surface area contributed by atoms with Crippen molar-refractivity contribution in [3.05, 3.63) is 24.3 Å². The molecule has 1 N–H and O–H groups in total. The monoisotopic (exact) mass is 342 g/mol. The van der Waals surface area contributed by atoms with Crippen molar-refractivity contribution in [1.29, 1.82) is 0 Å². The second-order valence-electron chi connectivity index (χ2n) is 6.53. The van der Waals surface area contributed by atoms with Gasteiger partial charge in [0.2, 0.25) is 10.0 Å². The second-order valence-corrected chi connectivity index (χ2v) is 8.42. The van der Waals surface area contributed by atoms with Crippen LogP contribution in [0.5, 0.6) is 0 Å². The Morgan fingerprint density at radius 3 is 2.61 bits per heavy atom. The molecule has 1 aliphatic heterocycles. The number of sulfonamides is 1. The fourth-order valence-corrected chi connectivity index (χ4v) is 5.63. The van der Waals surface area contributed by atoms with Crippen molar-refractivity contribution in [1.82, 2.24) is 9.29 Å². The van der Waals surface area contributed by atoms with Crippen molar-refractivity contribution in [3.8, 4) is 0 Å². The summed E-state index contributed by atoms with van der Waals surface area (Å²) in [6, 6.07) is 0.818. The Balaban J connectivity index is 1.91. The fourth-order valence-electron chi connectivity index (χ4n) is 3.91. The van der Waals surface area contributed by atoms with E-state index in [2.05, 4.69) is 4.98 Å². The SMILES string of the molecule is O=S(=O)(c1cncc(F)c1)N1CCCCC1C1CCCCC1O. The van der Waals surface area contributed by atoms with Crippen molar-refractivity contribution in [2.75, 3.05) is 6.54 Å². The Bertz CT molecular complexity index is 652. The molecule has 128 valence electrons. The van der Waals surface area contributed by atoms with E-state index < -0.39 is 21.9 Å². The van der Waals surface area contributed by atoms with E-state index in [4.69, 9.17) is 0 Å². The largest absolute Gasteiger partial charge is 0.393 e. The van der Waals surface area contributed by atoms with E-state index in [1.54, 1.807) is 0 Å². The molecule has 1 saturated heterocycles. The van der Waals surface area contributed by atoms with Gasteiger partial charge >= 0.3 is 0 Å². The molecule has 3 unspecified atom stereocenters. The molecule has 0 radical (unpaired) electrons. The van der Waals surface area contributed by atoms with Gasteiger partial charge in [-0.25, -0.2) is 12.8 Å². The lowest BCUT2D eigenvalue weighted by atomic mass is 9.79. The van der Waals surface area contributed by atoms with Gasteiger partial charge < -0.3 is 5.11 Å². The van der Waals surface area contributed by atoms with Crippen LogP contribution in [0.15, 0.2) is 23.4 Å². The van der Waals surface area contributed by atoms with Gasteiger partial charge in [-0.05, 0) is 31.7 Å². The molecular weight excluding hydrogens is 319 g/mol. The first-order chi connectivity index (χ1) is 11.0. The Kier molecular flexibility index (Phi) is 4.98. The Morgan fingerprint density at radius 1 is 1.13 bits per heavy atom. The third-order valence-corrected chi connectivity index (χ3v) is 6.95. The number of aromatic nitrogens is 1. The van der Waals surface area contributed by atoms with Crippen LogP contribution in [-0.4, -0.2) is 41.5 Å². The molecule has 2 aliphatic rings. The van der Waals surface area contributed by atoms with Gasteiger partial charge in [-0.15, -0.1) is 0 Å². The van der Waals surface area contributed by atoms with Crippen LogP contribution in [0.2, 0.25) is 0 Å². The molecule has 7 heteroatoms. The highest BCUT2D eigenvalue weighted by molar-refractivity contribution is 7.89. The van der Waals surface area contributed by atoms with E-state index in [0.29, 0.717) is 6.54 Å². The summed E-state index contributed by atoms with van der Waals surface area (Å²) in [5.74, 6) is -0.683. The zero-order chi connectivity index (χ0) is 16.4. The predicted molar refractivity (Wildman–Crippen MR) is 83.7 cm³/mol. The van der Waals surface area contributed by atoms with Crippen molar-refractivity contribution >= 4 is 10.0 Å². The van der Waals surface area contributed by atoms with Gasteiger partial charge in [0.05, 0.1) is 12.3 Å². The van der Waals surface area contributed by atoms with Gasteiger partial charge in [-0.3, -0.25) is 4.98 Å². The molecule has 1 aliphatic carbocycles. The highest BCUT2D eigenvalue weighted by atomic mass is 32.2. The number of hydrogen-bond donors (Lipinski definition) is 1. The summed E-state index contributed by atoms with van der Waals surface area (Å²) in [6.07, 6.45) is 7.84. The lowest BCUT2D eigenvalue weighted by molar-refractivity contribution is 0.0204.